The molecule has 0 bridgehead atoms. The van der Waals surface area contributed by atoms with Gasteiger partial charge in [0.25, 0.3) is 0 Å². The molecule has 6 heteroatoms. The van der Waals surface area contributed by atoms with Crippen molar-refractivity contribution in [1.29, 1.82) is 0 Å². The van der Waals surface area contributed by atoms with E-state index >= 15 is 0 Å². The molecule has 2 nitrogen and oxygen atoms in total. The predicted molar refractivity (Wildman–Crippen MR) is 67.9 cm³/mol. The number of methoxy groups -OCH3 is 1. The van der Waals surface area contributed by atoms with Gasteiger partial charge in [-0.25, -0.2) is 0 Å². The lowest BCUT2D eigenvalue weighted by atomic mass is 9.89. The minimum atomic E-state index is -4.46. The molecule has 0 saturated carbocycles. The third-order valence-electron chi connectivity index (χ3n) is 3.39. The van der Waals surface area contributed by atoms with Crippen molar-refractivity contribution in [2.45, 2.75) is 24.9 Å². The summed E-state index contributed by atoms with van der Waals surface area (Å²) >= 11 is 5.92. The van der Waals surface area contributed by atoms with E-state index in [-0.39, 0.29) is 16.7 Å². The lowest BCUT2D eigenvalue weighted by Gasteiger charge is -2.24. The van der Waals surface area contributed by atoms with Crippen molar-refractivity contribution >= 4 is 11.6 Å². The van der Waals surface area contributed by atoms with Crippen molar-refractivity contribution in [2.24, 2.45) is 0 Å². The summed E-state index contributed by atoms with van der Waals surface area (Å²) in [6.45, 7) is 1.63. The summed E-state index contributed by atoms with van der Waals surface area (Å²) < 4.78 is 43.8. The second kappa shape index (κ2) is 5.59. The van der Waals surface area contributed by atoms with Gasteiger partial charge in [0, 0.05) is 0 Å². The summed E-state index contributed by atoms with van der Waals surface area (Å²) in [5, 5.41) is 3.21. The Labute approximate surface area is 114 Å². The van der Waals surface area contributed by atoms with Gasteiger partial charge < -0.3 is 10.1 Å². The van der Waals surface area contributed by atoms with E-state index in [4.69, 9.17) is 16.3 Å². The smallest absolute Gasteiger partial charge is 0.420 e. The molecule has 1 heterocycles. The molecule has 1 aromatic carbocycles. The lowest BCUT2D eigenvalue weighted by molar-refractivity contribution is -0.138. The molecule has 0 amide bonds. The van der Waals surface area contributed by atoms with E-state index in [2.05, 4.69) is 5.32 Å². The van der Waals surface area contributed by atoms with Crippen LogP contribution in [0.3, 0.4) is 0 Å². The van der Waals surface area contributed by atoms with E-state index in [0.717, 1.165) is 25.9 Å². The van der Waals surface area contributed by atoms with Crippen molar-refractivity contribution < 1.29 is 17.9 Å². The first-order valence-corrected chi connectivity index (χ1v) is 6.46. The Morgan fingerprint density at radius 2 is 1.89 bits per heavy atom. The number of halogens is 4. The first-order chi connectivity index (χ1) is 8.93. The molecule has 1 aliphatic rings. The Morgan fingerprint density at radius 1 is 1.26 bits per heavy atom. The van der Waals surface area contributed by atoms with Crippen molar-refractivity contribution in [3.8, 4) is 5.75 Å². The molecule has 0 unspecified atom stereocenters. The van der Waals surface area contributed by atoms with Crippen molar-refractivity contribution in [2.75, 3.05) is 20.2 Å². The van der Waals surface area contributed by atoms with Gasteiger partial charge >= 0.3 is 6.18 Å². The number of alkyl halides is 3. The van der Waals surface area contributed by atoms with Crippen LogP contribution in [-0.2, 0) is 6.18 Å². The fourth-order valence-electron chi connectivity index (χ4n) is 2.42. The molecule has 1 saturated heterocycles. The monoisotopic (exact) mass is 293 g/mol. The van der Waals surface area contributed by atoms with Crippen LogP contribution in [0.4, 0.5) is 13.2 Å². The van der Waals surface area contributed by atoms with Gasteiger partial charge in [-0.1, -0.05) is 11.6 Å². The van der Waals surface area contributed by atoms with Crippen LogP contribution in [0, 0.1) is 0 Å². The zero-order chi connectivity index (χ0) is 14.0. The van der Waals surface area contributed by atoms with Gasteiger partial charge in [0.1, 0.15) is 5.75 Å². The average molecular weight is 294 g/mol. The summed E-state index contributed by atoms with van der Waals surface area (Å²) in [4.78, 5) is 0. The van der Waals surface area contributed by atoms with Crippen LogP contribution in [-0.4, -0.2) is 20.2 Å². The Bertz CT molecular complexity index is 456. The molecule has 0 radical (unpaired) electrons. The minimum absolute atomic E-state index is 0.0193. The number of rotatable bonds is 2. The highest BCUT2D eigenvalue weighted by atomic mass is 35.5. The standard InChI is InChI=1S/C13H15ClF3NO/c1-19-12-10(13(15,16)17)6-9(7-11(12)14)8-2-4-18-5-3-8/h6-8,18H,2-5H2,1H3. The molecular weight excluding hydrogens is 279 g/mol. The maximum absolute atomic E-state index is 13.0. The fraction of sp³-hybridized carbons (Fsp3) is 0.538. The van der Waals surface area contributed by atoms with Crippen LogP contribution in [0.2, 0.25) is 5.02 Å². The van der Waals surface area contributed by atoms with Gasteiger partial charge in [-0.05, 0) is 49.5 Å². The normalized spacial score (nSPS) is 17.5. The maximum atomic E-state index is 13.0. The topological polar surface area (TPSA) is 21.3 Å². The first-order valence-electron chi connectivity index (χ1n) is 6.09. The van der Waals surface area contributed by atoms with Gasteiger partial charge in [-0.2, -0.15) is 13.2 Å². The second-order valence-corrected chi connectivity index (χ2v) is 5.01. The maximum Gasteiger partial charge on any atom is 0.420 e. The largest absolute Gasteiger partial charge is 0.495 e. The van der Waals surface area contributed by atoms with Gasteiger partial charge in [0.2, 0.25) is 0 Å². The van der Waals surface area contributed by atoms with Crippen LogP contribution in [0.15, 0.2) is 12.1 Å². The van der Waals surface area contributed by atoms with Crippen molar-refractivity contribution in [3.63, 3.8) is 0 Å². The summed E-state index contributed by atoms with van der Waals surface area (Å²) in [6, 6.07) is 2.76. The molecule has 106 valence electrons. The van der Waals surface area contributed by atoms with Crippen LogP contribution in [0.25, 0.3) is 0 Å². The second-order valence-electron chi connectivity index (χ2n) is 4.61. The molecule has 2 rings (SSSR count). The molecular formula is C13H15ClF3NO. The van der Waals surface area contributed by atoms with Crippen molar-refractivity contribution in [3.05, 3.63) is 28.3 Å². The molecule has 0 spiro atoms. The summed E-state index contributed by atoms with van der Waals surface area (Å²) in [6.07, 6.45) is -2.82. The molecule has 0 atom stereocenters. The Kier molecular flexibility index (Phi) is 4.26. The number of piperidine rings is 1. The SMILES string of the molecule is COc1c(Cl)cc(C2CCNCC2)cc1C(F)(F)F. The van der Waals surface area contributed by atoms with Gasteiger partial charge in [-0.3, -0.25) is 0 Å². The zero-order valence-corrected chi connectivity index (χ0v) is 11.2. The molecule has 1 aliphatic heterocycles. The predicted octanol–water partition coefficient (Wildman–Crippen LogP) is 3.83. The Morgan fingerprint density at radius 3 is 2.42 bits per heavy atom. The lowest BCUT2D eigenvalue weighted by Crippen LogP contribution is -2.26. The van der Waals surface area contributed by atoms with E-state index in [1.54, 1.807) is 6.07 Å². The zero-order valence-electron chi connectivity index (χ0n) is 10.5. The first kappa shape index (κ1) is 14.5. The van der Waals surface area contributed by atoms with E-state index < -0.39 is 11.7 Å². The number of ether oxygens (including phenoxy) is 1. The molecule has 1 N–H and O–H groups in total. The molecule has 19 heavy (non-hydrogen) atoms. The molecule has 0 aromatic heterocycles. The van der Waals surface area contributed by atoms with Crippen LogP contribution < -0.4 is 10.1 Å². The Hall–Kier alpha value is -0.940. The van der Waals surface area contributed by atoms with Gasteiger partial charge in [0.05, 0.1) is 17.7 Å². The van der Waals surface area contributed by atoms with Crippen LogP contribution in [0.5, 0.6) is 5.75 Å². The van der Waals surface area contributed by atoms with E-state index in [1.165, 1.54) is 13.2 Å². The number of nitrogens with one attached hydrogen (secondary N) is 1. The van der Waals surface area contributed by atoms with Crippen LogP contribution >= 0.6 is 11.6 Å². The molecule has 1 fully saturated rings. The van der Waals surface area contributed by atoms with E-state index in [9.17, 15) is 13.2 Å². The highest BCUT2D eigenvalue weighted by molar-refractivity contribution is 6.32. The molecule has 0 aliphatic carbocycles. The third kappa shape index (κ3) is 3.15. The third-order valence-corrected chi connectivity index (χ3v) is 3.67. The summed E-state index contributed by atoms with van der Waals surface area (Å²) in [5.74, 6) is -0.183. The van der Waals surface area contributed by atoms with E-state index in [1.807, 2.05) is 0 Å². The number of benzene rings is 1. The van der Waals surface area contributed by atoms with Crippen LogP contribution in [0.1, 0.15) is 29.9 Å². The summed E-state index contributed by atoms with van der Waals surface area (Å²) in [5.41, 5.74) is -0.157. The van der Waals surface area contributed by atoms with Gasteiger partial charge in [0.15, 0.2) is 0 Å². The highest BCUT2D eigenvalue weighted by Crippen LogP contribution is 2.43. The van der Waals surface area contributed by atoms with E-state index in [0.29, 0.717) is 5.56 Å². The summed E-state index contributed by atoms with van der Waals surface area (Å²) in [7, 11) is 1.20. The molecule has 1 aromatic rings. The van der Waals surface area contributed by atoms with Crippen molar-refractivity contribution in [1.82, 2.24) is 5.32 Å². The quantitative estimate of drug-likeness (QED) is 0.895. The fourth-order valence-corrected chi connectivity index (χ4v) is 2.73. The minimum Gasteiger partial charge on any atom is -0.495 e. The highest BCUT2D eigenvalue weighted by Gasteiger charge is 2.36. The number of hydrogen-bond acceptors (Lipinski definition) is 2. The Balaban J connectivity index is 2.43. The van der Waals surface area contributed by atoms with Gasteiger partial charge in [-0.15, -0.1) is 0 Å². The number of hydrogen-bond donors (Lipinski definition) is 1. The average Bonchev–Trinajstić information content (AvgIpc) is 2.37.